The number of carbonyl (C=O) groups is 4. The Hall–Kier alpha value is -2.99. The summed E-state index contributed by atoms with van der Waals surface area (Å²) in [4.78, 5) is 49.3. The van der Waals surface area contributed by atoms with Crippen molar-refractivity contribution in [1.29, 1.82) is 0 Å². The quantitative estimate of drug-likeness (QED) is 0.0299. The summed E-state index contributed by atoms with van der Waals surface area (Å²) in [6, 6.07) is 18.4. The first kappa shape index (κ1) is 75.5. The molecule has 2 aliphatic heterocycles. The number of benzene rings is 2. The van der Waals surface area contributed by atoms with Crippen LogP contribution in [-0.4, -0.2) is 140 Å². The summed E-state index contributed by atoms with van der Waals surface area (Å²) in [5, 5.41) is 0. The smallest absolute Gasteiger partial charge is 0.490 e. The molecule has 488 valence electrons. The van der Waals surface area contributed by atoms with E-state index < -0.39 is 58.0 Å². The molecule has 8 bridgehead atoms. The Morgan fingerprint density at radius 2 is 0.791 bits per heavy atom. The molecule has 2 saturated heterocycles. The van der Waals surface area contributed by atoms with Gasteiger partial charge >= 0.3 is 47.5 Å². The van der Waals surface area contributed by atoms with Crippen molar-refractivity contribution in [2.24, 2.45) is 46.3 Å². The lowest BCUT2D eigenvalue weighted by Crippen LogP contribution is -3.00. The third-order valence-electron chi connectivity index (χ3n) is 16.8. The summed E-state index contributed by atoms with van der Waals surface area (Å²) in [7, 11) is -2.74. The summed E-state index contributed by atoms with van der Waals surface area (Å²) in [6.45, 7) is 16.5. The Morgan fingerprint density at radius 3 is 1.02 bits per heavy atom. The molecule has 16 nitrogen and oxygen atoms in total. The van der Waals surface area contributed by atoms with Gasteiger partial charge in [-0.1, -0.05) is 65.8 Å². The second-order valence-corrected chi connectivity index (χ2v) is 31.4. The van der Waals surface area contributed by atoms with E-state index in [1.165, 1.54) is 82.5 Å². The molecule has 10 aliphatic rings. The highest BCUT2D eigenvalue weighted by Gasteiger charge is 2.57. The molecule has 2 aromatic rings. The van der Waals surface area contributed by atoms with Crippen LogP contribution in [0.15, 0.2) is 58.3 Å². The lowest BCUT2D eigenvalue weighted by molar-refractivity contribution is -0.202. The molecule has 8 aliphatic carbocycles. The lowest BCUT2D eigenvalue weighted by atomic mass is 9.49. The van der Waals surface area contributed by atoms with E-state index in [1.54, 1.807) is 0 Å². The highest BCUT2D eigenvalue weighted by atomic mass is 127. The maximum Gasteiger partial charge on any atom is 0.490 e. The Kier molecular flexibility index (Phi) is 29.3. The number of halogens is 6. The van der Waals surface area contributed by atoms with Crippen LogP contribution in [0.1, 0.15) is 137 Å². The minimum atomic E-state index is -5.01. The van der Waals surface area contributed by atoms with E-state index in [1.807, 2.05) is 0 Å². The maximum absolute atomic E-state index is 12.6. The average molecular weight is 1410 g/mol. The highest BCUT2D eigenvalue weighted by molar-refractivity contribution is 7.97. The van der Waals surface area contributed by atoms with E-state index >= 15 is 0 Å². The predicted molar refractivity (Wildman–Crippen MR) is 310 cm³/mol. The third kappa shape index (κ3) is 23.7. The second-order valence-electron chi connectivity index (χ2n) is 25.5. The van der Waals surface area contributed by atoms with Gasteiger partial charge in [0.15, 0.2) is 9.79 Å². The molecule has 0 unspecified atom stereocenters. The highest BCUT2D eigenvalue weighted by Crippen LogP contribution is 2.61. The fourth-order valence-electron chi connectivity index (χ4n) is 13.6. The van der Waals surface area contributed by atoms with E-state index in [0.717, 1.165) is 72.1 Å². The largest absolute Gasteiger partial charge is 1.00 e. The van der Waals surface area contributed by atoms with Gasteiger partial charge in [-0.3, -0.25) is 13.8 Å². The Bertz CT molecular complexity index is 2400. The van der Waals surface area contributed by atoms with Crippen LogP contribution in [0.3, 0.4) is 0 Å². The zero-order chi connectivity index (χ0) is 63.0. The summed E-state index contributed by atoms with van der Waals surface area (Å²) < 4.78 is 138. The minimum Gasteiger partial charge on any atom is -1.00 e. The molecule has 0 aromatic heterocycles. The van der Waals surface area contributed by atoms with E-state index in [0.29, 0.717) is 64.2 Å². The normalized spacial score (nSPS) is 26.4. The fraction of sp³-hybridized carbons (Fsp3) is 0.733. The fourth-order valence-corrected chi connectivity index (χ4v) is 17.3. The van der Waals surface area contributed by atoms with Gasteiger partial charge < -0.3 is 57.0 Å². The Labute approximate surface area is 530 Å². The van der Waals surface area contributed by atoms with Crippen molar-refractivity contribution < 1.29 is 119 Å². The van der Waals surface area contributed by atoms with Crippen LogP contribution in [0, 0.1) is 46.3 Å². The number of ether oxygens (including phenoxy) is 6. The number of alkyl halides is 5. The van der Waals surface area contributed by atoms with Gasteiger partial charge in [0, 0.05) is 28.7 Å². The lowest BCUT2D eigenvalue weighted by Gasteiger charge is -2.55. The molecule has 10 fully saturated rings. The van der Waals surface area contributed by atoms with Crippen molar-refractivity contribution in [3.8, 4) is 0 Å². The summed E-state index contributed by atoms with van der Waals surface area (Å²) in [5.74, 6) is 0.571. The van der Waals surface area contributed by atoms with Crippen molar-refractivity contribution in [3.05, 3.63) is 59.7 Å². The number of rotatable bonds is 12. The van der Waals surface area contributed by atoms with Gasteiger partial charge in [0.25, 0.3) is 0 Å². The van der Waals surface area contributed by atoms with Crippen LogP contribution >= 0.6 is 0 Å². The Morgan fingerprint density at radius 1 is 0.535 bits per heavy atom. The van der Waals surface area contributed by atoms with Gasteiger partial charge in [-0.15, -0.1) is 0 Å². The van der Waals surface area contributed by atoms with Crippen LogP contribution in [0.2, 0.25) is 0 Å². The van der Waals surface area contributed by atoms with E-state index in [4.69, 9.17) is 27.4 Å². The number of carbonyl (C=O) groups excluding carboxylic acids is 4. The summed E-state index contributed by atoms with van der Waals surface area (Å²) in [6.07, 6.45) is 7.44. The van der Waals surface area contributed by atoms with Crippen LogP contribution in [0.5, 0.6) is 0 Å². The first-order valence-corrected chi connectivity index (χ1v) is 34.1. The van der Waals surface area contributed by atoms with Crippen molar-refractivity contribution in [2.45, 2.75) is 158 Å². The molecule has 2 heterocycles. The predicted octanol–water partition coefficient (Wildman–Crippen LogP) is 7.21. The molecule has 86 heavy (non-hydrogen) atoms. The molecule has 0 N–H and O–H groups in total. The van der Waals surface area contributed by atoms with Crippen LogP contribution < -0.4 is 24.0 Å². The van der Waals surface area contributed by atoms with Crippen molar-refractivity contribution >= 4 is 67.6 Å². The topological polar surface area (TPSA) is 224 Å². The first-order valence-electron chi connectivity index (χ1n) is 29.0. The van der Waals surface area contributed by atoms with Gasteiger partial charge in [0.2, 0.25) is 10.4 Å². The van der Waals surface area contributed by atoms with Crippen LogP contribution in [-0.2, 0) is 106 Å². The van der Waals surface area contributed by atoms with Crippen molar-refractivity contribution in [3.63, 3.8) is 0 Å². The number of hydrogen-bond acceptors (Lipinski definition) is 16. The average Bonchev–Trinajstić information content (AvgIpc) is 0.957. The molecule has 26 heteroatoms. The molecule has 0 spiro atoms. The van der Waals surface area contributed by atoms with E-state index in [-0.39, 0.29) is 72.0 Å². The summed E-state index contributed by atoms with van der Waals surface area (Å²) in [5.41, 5.74) is 2.56. The third-order valence-corrected chi connectivity index (χ3v) is 21.8. The van der Waals surface area contributed by atoms with Gasteiger partial charge in [-0.2, -0.15) is 30.4 Å². The number of esters is 4. The van der Waals surface area contributed by atoms with Gasteiger partial charge in [-0.05, 0) is 159 Å². The van der Waals surface area contributed by atoms with Gasteiger partial charge in [0.1, 0.15) is 49.4 Å². The maximum atomic E-state index is 12.6. The van der Waals surface area contributed by atoms with Gasteiger partial charge in [0.05, 0.1) is 44.4 Å². The van der Waals surface area contributed by atoms with E-state index in [2.05, 4.69) is 104 Å². The molecule has 12 rings (SSSR count). The molecule has 0 amide bonds. The van der Waals surface area contributed by atoms with Crippen molar-refractivity contribution in [2.75, 3.05) is 83.0 Å². The van der Waals surface area contributed by atoms with Crippen LogP contribution in [0.4, 0.5) is 22.0 Å². The Balaban J connectivity index is 0.000000235. The summed E-state index contributed by atoms with van der Waals surface area (Å²) >= 11 is -0.750. The first-order chi connectivity index (χ1) is 39.7. The zero-order valence-corrected chi connectivity index (χ0v) is 55.9. The molecular formula is C60H86F5IO16S4. The second kappa shape index (κ2) is 33.4. The van der Waals surface area contributed by atoms with Gasteiger partial charge in [-0.25, -0.2) is 18.0 Å². The molecular weight excluding hydrogens is 1330 g/mol. The molecule has 8 saturated carbocycles. The molecule has 0 atom stereocenters. The zero-order valence-electron chi connectivity index (χ0n) is 50.5. The number of hydrogen-bond donors (Lipinski definition) is 0. The van der Waals surface area contributed by atoms with E-state index in [9.17, 15) is 54.1 Å². The monoisotopic (exact) mass is 1410 g/mol. The SMILES string of the molecule is CC(C)(C)c1ccc([S+]2CCOCC2)cc1.CC(C)(C)c1ccc([S+]2CCOCC2)cc1.CC(F)(F)C(=O)OCCOC(=O)C12CC3CC(CC(C3)C1)C2.COS(=O)(=O)[O-].O=C(OCCOC(=O)C12CC3CC(CC(C3)C1)C2)C(F)(F)F.O=S=O.[I-]. The standard InChI is InChI=1S/C16H22F2O4.C15H19F3O4.2C14H21OS.CH4O4S.HI.O2S/c1-15(17,18)13(19)21-2-3-22-14(20)16-7-10-4-11(8-16)6-12(5-10)9-16;16-15(17,18)13(20)22-2-1-21-12(19)14-6-9-3-10(7-14)5-11(4-9)8-14;2*1-14(2,3)12-4-6-13(7-5-12)16-10-8-15-9-11-16;1-5-6(2,3)4;;1-3-2/h10-12H,2-9H2,1H3;9-11H,1-8H2;2*4-7H,8-11H2,1-3H3;1H3,(H,2,3,4);1H;/q;;2*+1;;;/p-2. The van der Waals surface area contributed by atoms with Crippen LogP contribution in [0.25, 0.3) is 0 Å². The minimum absolute atomic E-state index is 0. The van der Waals surface area contributed by atoms with Crippen molar-refractivity contribution in [1.82, 2.24) is 0 Å². The molecule has 2 aromatic carbocycles. The molecule has 0 radical (unpaired) electrons.